The first-order valence-electron chi connectivity index (χ1n) is 8.50. The molecule has 112 valence electrons. The lowest BCUT2D eigenvalue weighted by Crippen LogP contribution is -2.48. The van der Waals surface area contributed by atoms with E-state index >= 15 is 0 Å². The van der Waals surface area contributed by atoms with Crippen molar-refractivity contribution in [2.45, 2.75) is 78.3 Å². The van der Waals surface area contributed by atoms with Crippen LogP contribution in [-0.4, -0.2) is 36.6 Å². The van der Waals surface area contributed by atoms with E-state index in [0.717, 1.165) is 18.0 Å². The van der Waals surface area contributed by atoms with Crippen LogP contribution in [0.25, 0.3) is 0 Å². The molecule has 1 heterocycles. The number of hydrogen-bond acceptors (Lipinski definition) is 2. The van der Waals surface area contributed by atoms with Crippen molar-refractivity contribution < 1.29 is 0 Å². The molecule has 0 amide bonds. The minimum absolute atomic E-state index is 0.464. The molecule has 1 aliphatic heterocycles. The predicted molar refractivity (Wildman–Crippen MR) is 83.5 cm³/mol. The Morgan fingerprint density at radius 3 is 2.53 bits per heavy atom. The van der Waals surface area contributed by atoms with Gasteiger partial charge in [-0.2, -0.15) is 0 Å². The topological polar surface area (TPSA) is 15.3 Å². The Bertz CT molecular complexity index is 274. The zero-order valence-electron chi connectivity index (χ0n) is 13.5. The minimum atomic E-state index is 0.464. The fourth-order valence-corrected chi connectivity index (χ4v) is 3.69. The van der Waals surface area contributed by atoms with E-state index in [0.29, 0.717) is 5.41 Å². The van der Waals surface area contributed by atoms with Crippen LogP contribution < -0.4 is 5.32 Å². The van der Waals surface area contributed by atoms with Crippen LogP contribution in [-0.2, 0) is 0 Å². The van der Waals surface area contributed by atoms with Crippen molar-refractivity contribution in [3.8, 4) is 0 Å². The van der Waals surface area contributed by atoms with Gasteiger partial charge in [0, 0.05) is 25.2 Å². The zero-order valence-corrected chi connectivity index (χ0v) is 13.5. The summed E-state index contributed by atoms with van der Waals surface area (Å²) < 4.78 is 0. The Morgan fingerprint density at radius 2 is 1.95 bits per heavy atom. The van der Waals surface area contributed by atoms with Crippen molar-refractivity contribution in [3.63, 3.8) is 0 Å². The van der Waals surface area contributed by atoms with Crippen molar-refractivity contribution in [1.82, 2.24) is 10.2 Å². The second kappa shape index (κ2) is 6.58. The normalized spacial score (nSPS) is 32.2. The third-order valence-corrected chi connectivity index (χ3v) is 5.11. The SMILES string of the molecule is CCCC(C)(CNC1CC1)CN1CCC(C)CC1C. The van der Waals surface area contributed by atoms with Crippen LogP contribution in [0.3, 0.4) is 0 Å². The van der Waals surface area contributed by atoms with Crippen LogP contribution in [0, 0.1) is 11.3 Å². The Morgan fingerprint density at radius 1 is 1.21 bits per heavy atom. The van der Waals surface area contributed by atoms with Crippen LogP contribution in [0.4, 0.5) is 0 Å². The number of rotatable bonds is 7. The highest BCUT2D eigenvalue weighted by Gasteiger charge is 2.32. The molecule has 2 rings (SSSR count). The highest BCUT2D eigenvalue weighted by Crippen LogP contribution is 2.30. The van der Waals surface area contributed by atoms with Gasteiger partial charge in [-0.15, -0.1) is 0 Å². The molecule has 0 aromatic heterocycles. The molecule has 0 aromatic carbocycles. The third-order valence-electron chi connectivity index (χ3n) is 5.11. The Kier molecular flexibility index (Phi) is 5.30. The summed E-state index contributed by atoms with van der Waals surface area (Å²) in [4.78, 5) is 2.75. The van der Waals surface area contributed by atoms with E-state index in [2.05, 4.69) is 37.9 Å². The second-order valence-electron chi connectivity index (χ2n) is 7.66. The van der Waals surface area contributed by atoms with E-state index in [1.807, 2.05) is 0 Å². The van der Waals surface area contributed by atoms with Crippen LogP contribution in [0.1, 0.15) is 66.2 Å². The van der Waals surface area contributed by atoms with Gasteiger partial charge in [0.25, 0.3) is 0 Å². The summed E-state index contributed by atoms with van der Waals surface area (Å²) in [5, 5.41) is 3.77. The first-order chi connectivity index (χ1) is 9.02. The van der Waals surface area contributed by atoms with Gasteiger partial charge in [-0.3, -0.25) is 0 Å². The smallest absolute Gasteiger partial charge is 0.00697 e. The van der Waals surface area contributed by atoms with Crippen LogP contribution in [0.2, 0.25) is 0 Å². The maximum absolute atomic E-state index is 3.77. The summed E-state index contributed by atoms with van der Waals surface area (Å²) in [6, 6.07) is 1.62. The lowest BCUT2D eigenvalue weighted by molar-refractivity contribution is 0.0722. The van der Waals surface area contributed by atoms with Gasteiger partial charge >= 0.3 is 0 Å². The summed E-state index contributed by atoms with van der Waals surface area (Å²) in [7, 11) is 0. The number of nitrogens with one attached hydrogen (secondary N) is 1. The summed E-state index contributed by atoms with van der Waals surface area (Å²) in [5.41, 5.74) is 0.464. The summed E-state index contributed by atoms with van der Waals surface area (Å²) >= 11 is 0. The van der Waals surface area contributed by atoms with Crippen molar-refractivity contribution in [2.75, 3.05) is 19.6 Å². The first kappa shape index (κ1) is 15.3. The largest absolute Gasteiger partial charge is 0.313 e. The molecule has 1 saturated heterocycles. The fraction of sp³-hybridized carbons (Fsp3) is 1.00. The van der Waals surface area contributed by atoms with Crippen molar-refractivity contribution in [3.05, 3.63) is 0 Å². The molecule has 2 aliphatic rings. The van der Waals surface area contributed by atoms with Gasteiger partial charge < -0.3 is 10.2 Å². The van der Waals surface area contributed by atoms with Gasteiger partial charge in [-0.1, -0.05) is 27.2 Å². The molecule has 1 N–H and O–H groups in total. The maximum Gasteiger partial charge on any atom is 0.00697 e. The Balaban J connectivity index is 1.86. The standard InChI is InChI=1S/C17H34N2/c1-5-9-17(4,12-18-16-6-7-16)13-19-10-8-14(2)11-15(19)3/h14-16,18H,5-13H2,1-4H3. The maximum atomic E-state index is 3.77. The average Bonchev–Trinajstić information content (AvgIpc) is 3.15. The summed E-state index contributed by atoms with van der Waals surface area (Å²) in [6.07, 6.45) is 8.24. The van der Waals surface area contributed by atoms with E-state index in [1.165, 1.54) is 58.2 Å². The quantitative estimate of drug-likeness (QED) is 0.756. The number of likely N-dealkylation sites (tertiary alicyclic amines) is 1. The lowest BCUT2D eigenvalue weighted by Gasteiger charge is -2.42. The molecule has 2 nitrogen and oxygen atoms in total. The highest BCUT2D eigenvalue weighted by atomic mass is 15.2. The van der Waals surface area contributed by atoms with Gasteiger partial charge in [0.2, 0.25) is 0 Å². The monoisotopic (exact) mass is 266 g/mol. The van der Waals surface area contributed by atoms with Gasteiger partial charge in [0.15, 0.2) is 0 Å². The molecule has 0 bridgehead atoms. The van der Waals surface area contributed by atoms with Crippen LogP contribution >= 0.6 is 0 Å². The van der Waals surface area contributed by atoms with Gasteiger partial charge in [0.1, 0.15) is 0 Å². The highest BCUT2D eigenvalue weighted by molar-refractivity contribution is 4.89. The van der Waals surface area contributed by atoms with Crippen molar-refractivity contribution in [2.24, 2.45) is 11.3 Å². The summed E-state index contributed by atoms with van der Waals surface area (Å²) in [6.45, 7) is 13.5. The molecular formula is C17H34N2. The average molecular weight is 266 g/mol. The number of hydrogen-bond donors (Lipinski definition) is 1. The van der Waals surface area contributed by atoms with E-state index in [1.54, 1.807) is 0 Å². The second-order valence-corrected chi connectivity index (χ2v) is 7.66. The third kappa shape index (κ3) is 4.75. The Hall–Kier alpha value is -0.0800. The van der Waals surface area contributed by atoms with E-state index in [4.69, 9.17) is 0 Å². The van der Waals surface area contributed by atoms with E-state index < -0.39 is 0 Å². The van der Waals surface area contributed by atoms with Crippen LogP contribution in [0.15, 0.2) is 0 Å². The number of piperidine rings is 1. The molecular weight excluding hydrogens is 232 g/mol. The molecule has 0 aromatic rings. The molecule has 0 spiro atoms. The van der Waals surface area contributed by atoms with Crippen LogP contribution in [0.5, 0.6) is 0 Å². The molecule has 1 aliphatic carbocycles. The van der Waals surface area contributed by atoms with Gasteiger partial charge in [-0.05, 0) is 56.9 Å². The minimum Gasteiger partial charge on any atom is -0.313 e. The first-order valence-corrected chi connectivity index (χ1v) is 8.50. The molecule has 2 heteroatoms. The molecule has 3 atom stereocenters. The molecule has 0 radical (unpaired) electrons. The Labute approximate surface area is 120 Å². The molecule has 19 heavy (non-hydrogen) atoms. The van der Waals surface area contributed by atoms with Gasteiger partial charge in [0.05, 0.1) is 0 Å². The number of nitrogens with zero attached hydrogens (tertiary/aromatic N) is 1. The summed E-state index contributed by atoms with van der Waals surface area (Å²) in [5.74, 6) is 0.924. The molecule has 3 unspecified atom stereocenters. The van der Waals surface area contributed by atoms with Crippen molar-refractivity contribution >= 4 is 0 Å². The van der Waals surface area contributed by atoms with E-state index in [-0.39, 0.29) is 0 Å². The van der Waals surface area contributed by atoms with Crippen molar-refractivity contribution in [1.29, 1.82) is 0 Å². The van der Waals surface area contributed by atoms with Gasteiger partial charge in [-0.25, -0.2) is 0 Å². The fourth-order valence-electron chi connectivity index (χ4n) is 3.69. The predicted octanol–water partition coefficient (Wildman–Crippen LogP) is 3.67. The zero-order chi connectivity index (χ0) is 13.9. The lowest BCUT2D eigenvalue weighted by atomic mass is 9.82. The molecule has 1 saturated carbocycles. The van der Waals surface area contributed by atoms with E-state index in [9.17, 15) is 0 Å². The molecule has 2 fully saturated rings.